The molecule has 0 amide bonds. The second kappa shape index (κ2) is 4.75. The van der Waals surface area contributed by atoms with E-state index in [0.29, 0.717) is 0 Å². The third-order valence-electron chi connectivity index (χ3n) is 2.72. The van der Waals surface area contributed by atoms with Gasteiger partial charge in [-0.15, -0.1) is 0 Å². The van der Waals surface area contributed by atoms with E-state index in [1.807, 2.05) is 6.92 Å². The highest BCUT2D eigenvalue weighted by atomic mass is 16.5. The standard InChI is InChI=1S/C10H19NO3/c1-8(9(12)13-3)11-10(2)4-6-14-7-5-10/h8,11H,4-7H2,1-3H3. The summed E-state index contributed by atoms with van der Waals surface area (Å²) in [5.74, 6) is -0.210. The van der Waals surface area contributed by atoms with Gasteiger partial charge in [0.15, 0.2) is 0 Å². The Morgan fingerprint density at radius 1 is 1.50 bits per heavy atom. The molecule has 1 N–H and O–H groups in total. The first-order chi connectivity index (χ1) is 6.57. The van der Waals surface area contributed by atoms with Gasteiger partial charge in [-0.1, -0.05) is 0 Å². The second-order valence-electron chi connectivity index (χ2n) is 4.06. The average Bonchev–Trinajstić information content (AvgIpc) is 2.17. The van der Waals surface area contributed by atoms with Crippen LogP contribution >= 0.6 is 0 Å². The molecule has 1 unspecified atom stereocenters. The van der Waals surface area contributed by atoms with E-state index in [1.165, 1.54) is 7.11 Å². The largest absolute Gasteiger partial charge is 0.468 e. The maximum atomic E-state index is 11.2. The lowest BCUT2D eigenvalue weighted by Gasteiger charge is -2.36. The van der Waals surface area contributed by atoms with Crippen LogP contribution < -0.4 is 5.32 Å². The molecule has 0 spiro atoms. The summed E-state index contributed by atoms with van der Waals surface area (Å²) in [7, 11) is 1.41. The Bertz CT molecular complexity index is 200. The Morgan fingerprint density at radius 2 is 2.07 bits per heavy atom. The molecule has 0 aromatic rings. The number of carbonyl (C=O) groups excluding carboxylic acids is 1. The third-order valence-corrected chi connectivity index (χ3v) is 2.72. The summed E-state index contributed by atoms with van der Waals surface area (Å²) in [6.45, 7) is 5.47. The van der Waals surface area contributed by atoms with E-state index in [1.54, 1.807) is 0 Å². The number of methoxy groups -OCH3 is 1. The van der Waals surface area contributed by atoms with E-state index in [2.05, 4.69) is 17.0 Å². The predicted molar refractivity (Wildman–Crippen MR) is 53.1 cm³/mol. The van der Waals surface area contributed by atoms with Crippen LogP contribution in [0.2, 0.25) is 0 Å². The van der Waals surface area contributed by atoms with Crippen molar-refractivity contribution in [2.45, 2.75) is 38.3 Å². The molecule has 0 aliphatic carbocycles. The van der Waals surface area contributed by atoms with E-state index < -0.39 is 0 Å². The van der Waals surface area contributed by atoms with Crippen LogP contribution in [0.5, 0.6) is 0 Å². The van der Waals surface area contributed by atoms with Gasteiger partial charge in [-0.25, -0.2) is 0 Å². The van der Waals surface area contributed by atoms with Crippen molar-refractivity contribution in [3.63, 3.8) is 0 Å². The topological polar surface area (TPSA) is 47.6 Å². The van der Waals surface area contributed by atoms with Gasteiger partial charge in [0.25, 0.3) is 0 Å². The number of ether oxygens (including phenoxy) is 2. The van der Waals surface area contributed by atoms with Gasteiger partial charge in [0.1, 0.15) is 6.04 Å². The maximum Gasteiger partial charge on any atom is 0.322 e. The van der Waals surface area contributed by atoms with Crippen LogP contribution in [0.4, 0.5) is 0 Å². The van der Waals surface area contributed by atoms with E-state index in [9.17, 15) is 4.79 Å². The predicted octanol–water partition coefficient (Wildman–Crippen LogP) is 0.707. The first-order valence-electron chi connectivity index (χ1n) is 5.01. The monoisotopic (exact) mass is 201 g/mol. The van der Waals surface area contributed by atoms with Crippen LogP contribution in [0.25, 0.3) is 0 Å². The first-order valence-corrected chi connectivity index (χ1v) is 5.01. The Morgan fingerprint density at radius 3 is 2.57 bits per heavy atom. The number of carbonyl (C=O) groups is 1. The zero-order valence-corrected chi connectivity index (χ0v) is 9.13. The normalized spacial score (nSPS) is 22.8. The van der Waals surface area contributed by atoms with Crippen molar-refractivity contribution >= 4 is 5.97 Å². The lowest BCUT2D eigenvalue weighted by Crippen LogP contribution is -2.53. The Balaban J connectivity index is 2.44. The fourth-order valence-electron chi connectivity index (χ4n) is 1.72. The van der Waals surface area contributed by atoms with Crippen LogP contribution in [0.15, 0.2) is 0 Å². The first kappa shape index (κ1) is 11.5. The Labute approximate surface area is 85.0 Å². The molecule has 0 saturated carbocycles. The number of esters is 1. The van der Waals surface area contributed by atoms with Gasteiger partial charge in [0, 0.05) is 18.8 Å². The van der Waals surface area contributed by atoms with Crippen molar-refractivity contribution in [3.8, 4) is 0 Å². The van der Waals surface area contributed by atoms with Crippen LogP contribution in [0, 0.1) is 0 Å². The molecule has 1 aliphatic heterocycles. The lowest BCUT2D eigenvalue weighted by molar-refractivity contribution is -0.143. The van der Waals surface area contributed by atoms with Gasteiger partial charge in [-0.05, 0) is 26.7 Å². The minimum atomic E-state index is -0.247. The van der Waals surface area contributed by atoms with Gasteiger partial charge < -0.3 is 9.47 Å². The molecule has 1 heterocycles. The van der Waals surface area contributed by atoms with Gasteiger partial charge in [-0.2, -0.15) is 0 Å². The molecule has 1 saturated heterocycles. The second-order valence-corrected chi connectivity index (χ2v) is 4.06. The molecule has 4 nitrogen and oxygen atoms in total. The van der Waals surface area contributed by atoms with Crippen molar-refractivity contribution in [1.82, 2.24) is 5.32 Å². The summed E-state index contributed by atoms with van der Waals surface area (Å²) in [6.07, 6.45) is 1.88. The molecule has 0 aromatic carbocycles. The van der Waals surface area contributed by atoms with Crippen molar-refractivity contribution in [3.05, 3.63) is 0 Å². The summed E-state index contributed by atoms with van der Waals surface area (Å²) in [5.41, 5.74) is 0.00581. The van der Waals surface area contributed by atoms with Crippen molar-refractivity contribution < 1.29 is 14.3 Å². The Kier molecular flexibility index (Phi) is 3.89. The molecular weight excluding hydrogens is 182 g/mol. The quantitative estimate of drug-likeness (QED) is 0.683. The fourth-order valence-corrected chi connectivity index (χ4v) is 1.72. The average molecular weight is 201 g/mol. The van der Waals surface area contributed by atoms with Gasteiger partial charge >= 0.3 is 5.97 Å². The number of hydrogen-bond acceptors (Lipinski definition) is 4. The maximum absolute atomic E-state index is 11.2. The van der Waals surface area contributed by atoms with E-state index in [-0.39, 0.29) is 17.6 Å². The summed E-state index contributed by atoms with van der Waals surface area (Å²) < 4.78 is 9.94. The summed E-state index contributed by atoms with van der Waals surface area (Å²) in [6, 6.07) is -0.247. The van der Waals surface area contributed by atoms with Gasteiger partial charge in [0.2, 0.25) is 0 Å². The molecule has 0 aromatic heterocycles. The highest BCUT2D eigenvalue weighted by Gasteiger charge is 2.30. The number of hydrogen-bond donors (Lipinski definition) is 1. The molecular formula is C10H19NO3. The van der Waals surface area contributed by atoms with Gasteiger partial charge in [0.05, 0.1) is 7.11 Å². The van der Waals surface area contributed by atoms with Crippen LogP contribution in [0.1, 0.15) is 26.7 Å². The van der Waals surface area contributed by atoms with Crippen molar-refractivity contribution in [1.29, 1.82) is 0 Å². The minimum absolute atomic E-state index is 0.00581. The van der Waals surface area contributed by atoms with Crippen LogP contribution in [-0.4, -0.2) is 37.9 Å². The summed E-state index contributed by atoms with van der Waals surface area (Å²) >= 11 is 0. The van der Waals surface area contributed by atoms with Crippen LogP contribution in [0.3, 0.4) is 0 Å². The highest BCUT2D eigenvalue weighted by molar-refractivity contribution is 5.75. The van der Waals surface area contributed by atoms with Crippen molar-refractivity contribution in [2.24, 2.45) is 0 Å². The van der Waals surface area contributed by atoms with E-state index in [4.69, 9.17) is 4.74 Å². The molecule has 1 aliphatic rings. The molecule has 1 atom stereocenters. The Hall–Kier alpha value is -0.610. The van der Waals surface area contributed by atoms with E-state index in [0.717, 1.165) is 26.1 Å². The van der Waals surface area contributed by atoms with Gasteiger partial charge in [-0.3, -0.25) is 10.1 Å². The minimum Gasteiger partial charge on any atom is -0.468 e. The molecule has 1 rings (SSSR count). The SMILES string of the molecule is COC(=O)C(C)NC1(C)CCOCC1. The summed E-state index contributed by atoms with van der Waals surface area (Å²) in [4.78, 5) is 11.2. The van der Waals surface area contributed by atoms with E-state index >= 15 is 0 Å². The molecule has 14 heavy (non-hydrogen) atoms. The molecule has 0 bridgehead atoms. The zero-order chi connectivity index (χ0) is 10.6. The zero-order valence-electron chi connectivity index (χ0n) is 9.13. The molecule has 1 fully saturated rings. The number of nitrogens with one attached hydrogen (secondary N) is 1. The third kappa shape index (κ3) is 2.96. The smallest absolute Gasteiger partial charge is 0.322 e. The fraction of sp³-hybridized carbons (Fsp3) is 0.900. The molecule has 0 radical (unpaired) electrons. The number of rotatable bonds is 3. The molecule has 82 valence electrons. The summed E-state index contributed by atoms with van der Waals surface area (Å²) in [5, 5.41) is 3.29. The van der Waals surface area contributed by atoms with Crippen molar-refractivity contribution in [2.75, 3.05) is 20.3 Å². The molecule has 4 heteroatoms. The lowest BCUT2D eigenvalue weighted by atomic mass is 9.91. The highest BCUT2D eigenvalue weighted by Crippen LogP contribution is 2.20. The van der Waals surface area contributed by atoms with Crippen LogP contribution in [-0.2, 0) is 14.3 Å².